The predicted molar refractivity (Wildman–Crippen MR) is 104 cm³/mol. The van der Waals surface area contributed by atoms with Crippen LogP contribution in [0.3, 0.4) is 0 Å². The van der Waals surface area contributed by atoms with Crippen molar-refractivity contribution >= 4 is 39.1 Å². The molecule has 5 heteroatoms. The van der Waals surface area contributed by atoms with Gasteiger partial charge >= 0.3 is 0 Å². The first-order valence-electron chi connectivity index (χ1n) is 9.53. The molecule has 0 spiro atoms. The lowest BCUT2D eigenvalue weighted by Gasteiger charge is -2.32. The molecule has 1 aromatic carbocycles. The summed E-state index contributed by atoms with van der Waals surface area (Å²) in [7, 11) is 0. The third-order valence-corrected chi connectivity index (χ3v) is 7.19. The molecule has 3 nitrogen and oxygen atoms in total. The zero-order chi connectivity index (χ0) is 17.2. The Balaban J connectivity index is 1.34. The topological polar surface area (TPSA) is 33.2 Å². The maximum absolute atomic E-state index is 12.6. The summed E-state index contributed by atoms with van der Waals surface area (Å²) in [5.41, 5.74) is 1.00. The van der Waals surface area contributed by atoms with Crippen molar-refractivity contribution < 1.29 is 4.79 Å². The number of fused-ring (bicyclic) bond motifs is 1. The maximum Gasteiger partial charge on any atom is 0.222 e. The van der Waals surface area contributed by atoms with Crippen molar-refractivity contribution in [3.05, 3.63) is 28.2 Å². The lowest BCUT2D eigenvalue weighted by Crippen LogP contribution is -2.38. The van der Waals surface area contributed by atoms with Crippen molar-refractivity contribution in [1.29, 1.82) is 0 Å². The van der Waals surface area contributed by atoms with Crippen LogP contribution in [0.15, 0.2) is 18.2 Å². The zero-order valence-electron chi connectivity index (χ0n) is 14.5. The molecule has 2 aromatic rings. The van der Waals surface area contributed by atoms with E-state index in [1.807, 2.05) is 12.1 Å². The van der Waals surface area contributed by atoms with Gasteiger partial charge in [-0.1, -0.05) is 30.9 Å². The van der Waals surface area contributed by atoms with Crippen LogP contribution in [0.4, 0.5) is 0 Å². The van der Waals surface area contributed by atoms with Crippen LogP contribution in [0.5, 0.6) is 0 Å². The number of hydrogen-bond acceptors (Lipinski definition) is 3. The Morgan fingerprint density at radius 3 is 2.68 bits per heavy atom. The van der Waals surface area contributed by atoms with E-state index in [1.165, 1.54) is 41.8 Å². The first-order valence-corrected chi connectivity index (χ1v) is 10.7. The fourth-order valence-corrected chi connectivity index (χ4v) is 5.52. The van der Waals surface area contributed by atoms with Gasteiger partial charge in [-0.15, -0.1) is 11.3 Å². The van der Waals surface area contributed by atoms with E-state index in [4.69, 9.17) is 16.6 Å². The van der Waals surface area contributed by atoms with E-state index in [2.05, 4.69) is 11.0 Å². The predicted octanol–water partition coefficient (Wildman–Crippen LogP) is 5.63. The number of hydrogen-bond donors (Lipinski definition) is 0. The van der Waals surface area contributed by atoms with Crippen molar-refractivity contribution in [3.63, 3.8) is 0 Å². The molecule has 4 rings (SSSR count). The largest absolute Gasteiger partial charge is 0.343 e. The summed E-state index contributed by atoms with van der Waals surface area (Å²) in [4.78, 5) is 19.5. The number of benzene rings is 1. The number of amides is 1. The van der Waals surface area contributed by atoms with Gasteiger partial charge in [0.15, 0.2) is 0 Å². The number of rotatable bonds is 3. The van der Waals surface area contributed by atoms with E-state index < -0.39 is 0 Å². The highest BCUT2D eigenvalue weighted by Gasteiger charge is 2.27. The highest BCUT2D eigenvalue weighted by atomic mass is 35.5. The Morgan fingerprint density at radius 2 is 1.92 bits per heavy atom. The second-order valence-corrected chi connectivity index (χ2v) is 9.03. The summed E-state index contributed by atoms with van der Waals surface area (Å²) in [5.74, 6) is 1.49. The number of carbonyl (C=O) groups is 1. The fraction of sp³-hybridized carbons (Fsp3) is 0.600. The highest BCUT2D eigenvalue weighted by molar-refractivity contribution is 7.18. The fourth-order valence-electron chi connectivity index (χ4n) is 4.24. The monoisotopic (exact) mass is 376 g/mol. The molecular weight excluding hydrogens is 352 g/mol. The van der Waals surface area contributed by atoms with Gasteiger partial charge in [-0.3, -0.25) is 4.79 Å². The molecular formula is C20H25ClN2OS. The Kier molecular flexibility index (Phi) is 5.28. The number of halogens is 1. The van der Waals surface area contributed by atoms with Crippen LogP contribution in [0.1, 0.15) is 62.3 Å². The lowest BCUT2D eigenvalue weighted by atomic mass is 9.86. The zero-order valence-corrected chi connectivity index (χ0v) is 16.1. The molecule has 1 saturated heterocycles. The Morgan fingerprint density at radius 1 is 1.16 bits per heavy atom. The average Bonchev–Trinajstić information content (AvgIpc) is 3.06. The maximum atomic E-state index is 12.6. The second kappa shape index (κ2) is 7.63. The molecule has 0 N–H and O–H groups in total. The Labute approximate surface area is 158 Å². The molecule has 1 aromatic heterocycles. The van der Waals surface area contributed by atoms with Crippen molar-refractivity contribution in [2.75, 3.05) is 13.1 Å². The number of carbonyl (C=O) groups excluding carboxylic acids is 1. The standard InChI is InChI=1S/C20H25ClN2OS/c21-16-6-7-18-17(13-16)22-20(25-18)15-8-10-23(11-9-15)19(24)12-14-4-2-1-3-5-14/h6-7,13-15H,1-5,8-12H2. The molecule has 2 fully saturated rings. The Bertz CT molecular complexity index is 745. The molecule has 0 atom stereocenters. The van der Waals surface area contributed by atoms with Crippen molar-refractivity contribution in [3.8, 4) is 0 Å². The number of aromatic nitrogens is 1. The Hall–Kier alpha value is -1.13. The molecule has 1 aliphatic heterocycles. The van der Waals surface area contributed by atoms with Crippen molar-refractivity contribution in [2.45, 2.75) is 57.3 Å². The van der Waals surface area contributed by atoms with Crippen LogP contribution >= 0.6 is 22.9 Å². The van der Waals surface area contributed by atoms with Gasteiger partial charge in [0, 0.05) is 30.5 Å². The number of likely N-dealkylation sites (tertiary alicyclic amines) is 1. The van der Waals surface area contributed by atoms with E-state index in [9.17, 15) is 4.79 Å². The molecule has 25 heavy (non-hydrogen) atoms. The molecule has 2 aliphatic rings. The molecule has 0 radical (unpaired) electrons. The minimum Gasteiger partial charge on any atom is -0.343 e. The molecule has 134 valence electrons. The molecule has 0 bridgehead atoms. The normalized spacial score (nSPS) is 20.3. The van der Waals surface area contributed by atoms with Crippen LogP contribution in [0.25, 0.3) is 10.2 Å². The van der Waals surface area contributed by atoms with E-state index in [0.29, 0.717) is 17.7 Å². The van der Waals surface area contributed by atoms with Gasteiger partial charge in [0.05, 0.1) is 15.2 Å². The summed E-state index contributed by atoms with van der Waals surface area (Å²) in [6.45, 7) is 1.76. The SMILES string of the molecule is O=C(CC1CCCCC1)N1CCC(c2nc3cc(Cl)ccc3s2)CC1. The number of piperidine rings is 1. The minimum absolute atomic E-state index is 0.376. The van der Waals surface area contributed by atoms with Gasteiger partial charge in [-0.05, 0) is 49.8 Å². The van der Waals surface area contributed by atoms with Gasteiger partial charge in [-0.25, -0.2) is 4.98 Å². The summed E-state index contributed by atoms with van der Waals surface area (Å²) < 4.78 is 1.20. The summed E-state index contributed by atoms with van der Waals surface area (Å²) in [6.07, 6.45) is 9.29. The van der Waals surface area contributed by atoms with Gasteiger partial charge in [0.1, 0.15) is 0 Å². The molecule has 1 aliphatic carbocycles. The van der Waals surface area contributed by atoms with Crippen molar-refractivity contribution in [2.24, 2.45) is 5.92 Å². The van der Waals surface area contributed by atoms with Crippen LogP contribution in [0, 0.1) is 5.92 Å². The third kappa shape index (κ3) is 4.01. The van der Waals surface area contributed by atoms with Crippen LogP contribution in [-0.4, -0.2) is 28.9 Å². The smallest absolute Gasteiger partial charge is 0.222 e. The van der Waals surface area contributed by atoms with Crippen LogP contribution in [0.2, 0.25) is 5.02 Å². The highest BCUT2D eigenvalue weighted by Crippen LogP contribution is 2.35. The van der Waals surface area contributed by atoms with E-state index in [-0.39, 0.29) is 0 Å². The van der Waals surface area contributed by atoms with Crippen LogP contribution in [-0.2, 0) is 4.79 Å². The van der Waals surface area contributed by atoms with E-state index >= 15 is 0 Å². The molecule has 0 unspecified atom stereocenters. The summed E-state index contributed by atoms with van der Waals surface area (Å²) >= 11 is 7.85. The number of thiazole rings is 1. The first kappa shape index (κ1) is 17.3. The van der Waals surface area contributed by atoms with Gasteiger partial charge in [0.25, 0.3) is 0 Å². The van der Waals surface area contributed by atoms with Gasteiger partial charge in [0.2, 0.25) is 5.91 Å². The first-order chi connectivity index (χ1) is 12.2. The minimum atomic E-state index is 0.376. The van der Waals surface area contributed by atoms with Gasteiger partial charge < -0.3 is 4.90 Å². The van der Waals surface area contributed by atoms with E-state index in [0.717, 1.165) is 42.9 Å². The second-order valence-electron chi connectivity index (χ2n) is 7.53. The summed E-state index contributed by atoms with van der Waals surface area (Å²) in [5, 5.41) is 1.95. The van der Waals surface area contributed by atoms with Crippen LogP contribution < -0.4 is 0 Å². The third-order valence-electron chi connectivity index (χ3n) is 5.75. The number of nitrogens with zero attached hydrogens (tertiary/aromatic N) is 2. The van der Waals surface area contributed by atoms with E-state index in [1.54, 1.807) is 11.3 Å². The van der Waals surface area contributed by atoms with Gasteiger partial charge in [-0.2, -0.15) is 0 Å². The molecule has 1 amide bonds. The summed E-state index contributed by atoms with van der Waals surface area (Å²) in [6, 6.07) is 5.93. The lowest BCUT2D eigenvalue weighted by molar-refractivity contribution is -0.133. The quantitative estimate of drug-likeness (QED) is 0.695. The molecule has 1 saturated carbocycles. The van der Waals surface area contributed by atoms with Crippen molar-refractivity contribution in [1.82, 2.24) is 9.88 Å². The molecule has 2 heterocycles. The average molecular weight is 377 g/mol.